The number of nitrogens with zero attached hydrogens (tertiary/aromatic N) is 1. The molecule has 0 aliphatic rings. The average Bonchev–Trinajstić information content (AvgIpc) is 2.50. The van der Waals surface area contributed by atoms with Gasteiger partial charge in [0.15, 0.2) is 0 Å². The molecule has 0 aliphatic carbocycles. The molecule has 0 radical (unpaired) electrons. The molecule has 0 aromatic heterocycles. The van der Waals surface area contributed by atoms with Gasteiger partial charge in [0.25, 0.3) is 5.91 Å². The first kappa shape index (κ1) is 15.8. The number of aryl methyl sites for hydroxylation is 1. The second-order valence-electron chi connectivity index (χ2n) is 4.64. The van der Waals surface area contributed by atoms with Crippen LogP contribution in [-0.4, -0.2) is 11.0 Å². The van der Waals surface area contributed by atoms with E-state index in [9.17, 15) is 15.2 Å². The number of amides is 1. The Kier molecular flexibility index (Phi) is 4.97. The van der Waals surface area contributed by atoms with Gasteiger partial charge in [-0.1, -0.05) is 34.1 Å². The molecule has 5 heteroatoms. The van der Waals surface area contributed by atoms with E-state index >= 15 is 0 Å². The highest BCUT2D eigenvalue weighted by molar-refractivity contribution is 9.10. The maximum absolute atomic E-state index is 12.2. The normalized spacial score (nSPS) is 10.9. The van der Waals surface area contributed by atoms with Crippen LogP contribution in [0, 0.1) is 18.3 Å². The van der Waals surface area contributed by atoms with Crippen molar-refractivity contribution in [1.29, 1.82) is 5.26 Å². The molecule has 2 aromatic carbocycles. The molecule has 0 saturated carbocycles. The second kappa shape index (κ2) is 6.92. The predicted octanol–water partition coefficient (Wildman–Crippen LogP) is 4.01. The molecule has 0 unspecified atom stereocenters. The number of aromatic hydroxyl groups is 1. The summed E-state index contributed by atoms with van der Waals surface area (Å²) in [5, 5.41) is 21.7. The van der Waals surface area contributed by atoms with Crippen molar-refractivity contribution in [2.24, 2.45) is 0 Å². The van der Waals surface area contributed by atoms with Crippen molar-refractivity contribution in [3.8, 4) is 11.8 Å². The van der Waals surface area contributed by atoms with E-state index in [4.69, 9.17) is 0 Å². The number of carbonyl (C=O) groups excluding carboxylic acids is 1. The Morgan fingerprint density at radius 3 is 2.73 bits per heavy atom. The van der Waals surface area contributed by atoms with Crippen molar-refractivity contribution < 1.29 is 9.90 Å². The number of rotatable bonds is 3. The third-order valence-corrected chi connectivity index (χ3v) is 3.54. The number of phenolic OH excluding ortho intramolecular Hbond substituents is 1. The van der Waals surface area contributed by atoms with Crippen LogP contribution in [0.1, 0.15) is 11.1 Å². The zero-order valence-corrected chi connectivity index (χ0v) is 13.4. The number of nitrogens with one attached hydrogen (secondary N) is 1. The van der Waals surface area contributed by atoms with Gasteiger partial charge in [0.05, 0.1) is 0 Å². The summed E-state index contributed by atoms with van der Waals surface area (Å²) in [5.74, 6) is -0.518. The Morgan fingerprint density at radius 2 is 2.05 bits per heavy atom. The second-order valence-corrected chi connectivity index (χ2v) is 5.56. The van der Waals surface area contributed by atoms with E-state index in [2.05, 4.69) is 21.2 Å². The molecular weight excluding hydrogens is 344 g/mol. The molecule has 22 heavy (non-hydrogen) atoms. The fraction of sp³-hybridized carbons (Fsp3) is 0.0588. The minimum atomic E-state index is -0.517. The first-order valence-corrected chi connectivity index (χ1v) is 7.28. The van der Waals surface area contributed by atoms with Gasteiger partial charge >= 0.3 is 0 Å². The van der Waals surface area contributed by atoms with E-state index in [0.29, 0.717) is 11.3 Å². The highest BCUT2D eigenvalue weighted by Crippen LogP contribution is 2.24. The number of nitriles is 1. The minimum Gasteiger partial charge on any atom is -0.507 e. The third kappa shape index (κ3) is 3.74. The maximum atomic E-state index is 12.2. The Hall–Kier alpha value is -2.58. The molecule has 2 N–H and O–H groups in total. The van der Waals surface area contributed by atoms with E-state index in [1.165, 1.54) is 12.1 Å². The zero-order chi connectivity index (χ0) is 16.1. The van der Waals surface area contributed by atoms with Gasteiger partial charge in [-0.25, -0.2) is 0 Å². The highest BCUT2D eigenvalue weighted by Gasteiger charge is 2.12. The molecule has 2 rings (SSSR count). The van der Waals surface area contributed by atoms with Gasteiger partial charge in [0.2, 0.25) is 0 Å². The van der Waals surface area contributed by atoms with E-state index in [1.54, 1.807) is 24.3 Å². The van der Waals surface area contributed by atoms with Crippen molar-refractivity contribution in [2.75, 3.05) is 5.32 Å². The highest BCUT2D eigenvalue weighted by atomic mass is 79.9. The molecule has 0 fully saturated rings. The molecule has 0 atom stereocenters. The topological polar surface area (TPSA) is 73.1 Å². The molecule has 0 aliphatic heterocycles. The Labute approximate surface area is 136 Å². The lowest BCUT2D eigenvalue weighted by atomic mass is 10.1. The number of benzene rings is 2. The van der Waals surface area contributed by atoms with Crippen LogP contribution in [-0.2, 0) is 4.79 Å². The number of phenols is 1. The molecule has 0 heterocycles. The van der Waals surface area contributed by atoms with Gasteiger partial charge in [-0.05, 0) is 42.8 Å². The first-order valence-electron chi connectivity index (χ1n) is 6.48. The van der Waals surface area contributed by atoms with Gasteiger partial charge in [0.1, 0.15) is 17.4 Å². The Balaban J connectivity index is 2.30. The number of hydrogen-bond acceptors (Lipinski definition) is 3. The summed E-state index contributed by atoms with van der Waals surface area (Å²) in [6, 6.07) is 14.0. The molecule has 2 aromatic rings. The molecule has 1 amide bonds. The van der Waals surface area contributed by atoms with E-state index in [1.807, 2.05) is 25.1 Å². The fourth-order valence-electron chi connectivity index (χ4n) is 1.85. The predicted molar refractivity (Wildman–Crippen MR) is 89.2 cm³/mol. The summed E-state index contributed by atoms with van der Waals surface area (Å²) >= 11 is 3.28. The van der Waals surface area contributed by atoms with Gasteiger partial charge < -0.3 is 10.4 Å². The standard InChI is InChI=1S/C17H13BrN2O2/c1-11-4-2-3-5-15(11)20-17(22)13(10-19)8-12-9-14(18)6-7-16(12)21/h2-9,21H,1H3,(H,20,22)/b13-8+. The molecule has 0 bridgehead atoms. The molecule has 0 saturated heterocycles. The molecule has 4 nitrogen and oxygen atoms in total. The third-order valence-electron chi connectivity index (χ3n) is 3.05. The number of anilines is 1. The van der Waals surface area contributed by atoms with Crippen molar-refractivity contribution >= 4 is 33.6 Å². The van der Waals surface area contributed by atoms with Crippen molar-refractivity contribution in [1.82, 2.24) is 0 Å². The summed E-state index contributed by atoms with van der Waals surface area (Å²) in [4.78, 5) is 12.2. The summed E-state index contributed by atoms with van der Waals surface area (Å²) in [5.41, 5.74) is 1.85. The van der Waals surface area contributed by atoms with Crippen molar-refractivity contribution in [3.05, 3.63) is 63.6 Å². The summed E-state index contributed by atoms with van der Waals surface area (Å²) in [6.45, 7) is 1.87. The van der Waals surface area contributed by atoms with Gasteiger partial charge in [-0.15, -0.1) is 0 Å². The molecular formula is C17H13BrN2O2. The number of hydrogen-bond donors (Lipinski definition) is 2. The lowest BCUT2D eigenvalue weighted by molar-refractivity contribution is -0.112. The van der Waals surface area contributed by atoms with E-state index < -0.39 is 5.91 Å². The van der Waals surface area contributed by atoms with Crippen molar-refractivity contribution in [2.45, 2.75) is 6.92 Å². The molecule has 110 valence electrons. The Bertz CT molecular complexity index is 791. The Morgan fingerprint density at radius 1 is 1.32 bits per heavy atom. The first-order chi connectivity index (χ1) is 10.5. The largest absolute Gasteiger partial charge is 0.507 e. The lowest BCUT2D eigenvalue weighted by Crippen LogP contribution is -2.14. The summed E-state index contributed by atoms with van der Waals surface area (Å²) in [6.07, 6.45) is 1.35. The van der Waals surface area contributed by atoms with Crippen LogP contribution in [0.3, 0.4) is 0 Å². The summed E-state index contributed by atoms with van der Waals surface area (Å²) < 4.78 is 0.744. The van der Waals surface area contributed by atoms with Crippen LogP contribution < -0.4 is 5.32 Å². The van der Waals surface area contributed by atoms with Gasteiger partial charge in [-0.3, -0.25) is 4.79 Å². The zero-order valence-electron chi connectivity index (χ0n) is 11.8. The number of carbonyl (C=O) groups is 1. The quantitative estimate of drug-likeness (QED) is 0.644. The minimum absolute atomic E-state index is 0.000332. The van der Waals surface area contributed by atoms with E-state index in [-0.39, 0.29) is 11.3 Å². The van der Waals surface area contributed by atoms with Crippen LogP contribution in [0.4, 0.5) is 5.69 Å². The number of halogens is 1. The average molecular weight is 357 g/mol. The fourth-order valence-corrected chi connectivity index (χ4v) is 2.23. The van der Waals surface area contributed by atoms with Gasteiger partial charge in [0, 0.05) is 15.7 Å². The van der Waals surface area contributed by atoms with Crippen LogP contribution >= 0.6 is 15.9 Å². The van der Waals surface area contributed by atoms with Crippen LogP contribution in [0.25, 0.3) is 6.08 Å². The van der Waals surface area contributed by atoms with Crippen LogP contribution in [0.15, 0.2) is 52.5 Å². The van der Waals surface area contributed by atoms with Crippen LogP contribution in [0.5, 0.6) is 5.75 Å². The molecule has 0 spiro atoms. The lowest BCUT2D eigenvalue weighted by Gasteiger charge is -2.07. The van der Waals surface area contributed by atoms with Gasteiger partial charge in [-0.2, -0.15) is 5.26 Å². The smallest absolute Gasteiger partial charge is 0.266 e. The van der Waals surface area contributed by atoms with Crippen LogP contribution in [0.2, 0.25) is 0 Å². The summed E-state index contributed by atoms with van der Waals surface area (Å²) in [7, 11) is 0. The maximum Gasteiger partial charge on any atom is 0.266 e. The van der Waals surface area contributed by atoms with Crippen molar-refractivity contribution in [3.63, 3.8) is 0 Å². The SMILES string of the molecule is Cc1ccccc1NC(=O)/C(C#N)=C/c1cc(Br)ccc1O. The monoisotopic (exact) mass is 356 g/mol. The number of para-hydroxylation sites is 1. The van der Waals surface area contributed by atoms with E-state index in [0.717, 1.165) is 10.0 Å².